The number of hydrogen-bond donors (Lipinski definition) is 1. The van der Waals surface area contributed by atoms with Crippen LogP contribution < -0.4 is 9.46 Å². The molecular weight excluding hydrogens is 484 g/mol. The van der Waals surface area contributed by atoms with Gasteiger partial charge >= 0.3 is 0 Å². The van der Waals surface area contributed by atoms with Gasteiger partial charge in [-0.2, -0.15) is 0 Å². The van der Waals surface area contributed by atoms with E-state index in [4.69, 9.17) is 9.47 Å². The van der Waals surface area contributed by atoms with Crippen LogP contribution in [0.4, 0.5) is 5.13 Å². The van der Waals surface area contributed by atoms with Crippen molar-refractivity contribution < 1.29 is 22.7 Å². The van der Waals surface area contributed by atoms with Crippen LogP contribution in [0, 0.1) is 0 Å². The monoisotopic (exact) mass is 506 g/mol. The average molecular weight is 507 g/mol. The fourth-order valence-corrected chi connectivity index (χ4v) is 5.82. The Balaban J connectivity index is 1.57. The molecule has 0 radical (unpaired) electrons. The number of nitrogens with zero attached hydrogens (tertiary/aromatic N) is 3. The van der Waals surface area contributed by atoms with Gasteiger partial charge in [-0.25, -0.2) is 8.42 Å². The van der Waals surface area contributed by atoms with E-state index in [9.17, 15) is 13.2 Å². The summed E-state index contributed by atoms with van der Waals surface area (Å²) in [5, 5.41) is 8.74. The fraction of sp³-hybridized carbons (Fsp3) is 0.286. The number of morpholine rings is 1. The molecule has 3 aromatic rings. The molecule has 0 spiro atoms. The molecule has 174 valence electrons. The molecule has 1 aliphatic rings. The number of carbonyl (C=O) groups excluding carboxylic acids is 1. The van der Waals surface area contributed by atoms with Gasteiger partial charge in [0, 0.05) is 23.5 Å². The summed E-state index contributed by atoms with van der Waals surface area (Å²) in [7, 11) is -2.39. The highest BCUT2D eigenvalue weighted by Gasteiger charge is 2.25. The number of amides is 1. The first-order valence-electron chi connectivity index (χ1n) is 9.97. The lowest BCUT2D eigenvalue weighted by atomic mass is 10.2. The highest BCUT2D eigenvalue weighted by Crippen LogP contribution is 2.30. The molecule has 1 saturated heterocycles. The minimum atomic E-state index is -3.97. The summed E-state index contributed by atoms with van der Waals surface area (Å²) in [5.41, 5.74) is 1.14. The zero-order valence-electron chi connectivity index (χ0n) is 18.0. The molecule has 4 rings (SSSR count). The molecule has 0 atom stereocenters. The molecule has 1 aromatic heterocycles. The van der Waals surface area contributed by atoms with E-state index in [-0.39, 0.29) is 15.9 Å². The Kier molecular flexibility index (Phi) is 7.17. The predicted molar refractivity (Wildman–Crippen MR) is 128 cm³/mol. The quantitative estimate of drug-likeness (QED) is 0.487. The Hall–Kier alpha value is -2.67. The van der Waals surface area contributed by atoms with Crippen molar-refractivity contribution in [2.75, 3.05) is 44.4 Å². The number of sulfonamides is 1. The van der Waals surface area contributed by atoms with Crippen molar-refractivity contribution in [3.05, 3.63) is 48.0 Å². The smallest absolute Gasteiger partial charge is 0.263 e. The average Bonchev–Trinajstić information content (AvgIpc) is 3.31. The summed E-state index contributed by atoms with van der Waals surface area (Å²) in [4.78, 5) is 15.4. The predicted octanol–water partition coefficient (Wildman–Crippen LogP) is 3.21. The van der Waals surface area contributed by atoms with Gasteiger partial charge in [0.15, 0.2) is 0 Å². The third kappa shape index (κ3) is 5.29. The van der Waals surface area contributed by atoms with Crippen molar-refractivity contribution in [3.63, 3.8) is 0 Å². The van der Waals surface area contributed by atoms with Crippen molar-refractivity contribution in [1.29, 1.82) is 0 Å². The molecule has 0 aliphatic carbocycles. The van der Waals surface area contributed by atoms with Gasteiger partial charge in [0.2, 0.25) is 5.13 Å². The Morgan fingerprint density at radius 3 is 2.55 bits per heavy atom. The van der Waals surface area contributed by atoms with E-state index in [0.29, 0.717) is 47.5 Å². The molecule has 0 bridgehead atoms. The summed E-state index contributed by atoms with van der Waals surface area (Å²) < 4.78 is 39.0. The fourth-order valence-electron chi connectivity index (χ4n) is 3.25. The van der Waals surface area contributed by atoms with Crippen LogP contribution in [0.15, 0.2) is 52.3 Å². The van der Waals surface area contributed by atoms with E-state index in [2.05, 4.69) is 14.9 Å². The lowest BCUT2D eigenvalue weighted by molar-refractivity contribution is 0.0300. The number of ether oxygens (including phenoxy) is 2. The standard InChI is InChI=1S/C21H22N4O5S3/c1-29-15-5-3-14(4-6-15)19-22-23-21(32-19)24-33(27,28)16-7-8-18(31-2)17(13-16)20(26)25-9-11-30-12-10-25/h3-8,13H,9-12H2,1-2H3,(H,23,24). The van der Waals surface area contributed by atoms with Crippen LogP contribution in [0.2, 0.25) is 0 Å². The topological polar surface area (TPSA) is 111 Å². The molecule has 12 heteroatoms. The Labute approximate surface area is 200 Å². The second-order valence-electron chi connectivity index (χ2n) is 7.01. The number of benzene rings is 2. The van der Waals surface area contributed by atoms with E-state index < -0.39 is 10.0 Å². The molecule has 2 aromatic carbocycles. The first-order valence-corrected chi connectivity index (χ1v) is 13.5. The summed E-state index contributed by atoms with van der Waals surface area (Å²) in [6, 6.07) is 11.8. The molecule has 1 N–H and O–H groups in total. The van der Waals surface area contributed by atoms with Crippen molar-refractivity contribution in [3.8, 4) is 16.3 Å². The molecular formula is C21H22N4O5S3. The van der Waals surface area contributed by atoms with Crippen molar-refractivity contribution in [2.45, 2.75) is 9.79 Å². The largest absolute Gasteiger partial charge is 0.497 e. The summed E-state index contributed by atoms with van der Waals surface area (Å²) in [6.45, 7) is 1.88. The number of aromatic nitrogens is 2. The first-order chi connectivity index (χ1) is 15.9. The minimum Gasteiger partial charge on any atom is -0.497 e. The van der Waals surface area contributed by atoms with Crippen molar-refractivity contribution in [2.24, 2.45) is 0 Å². The van der Waals surface area contributed by atoms with Gasteiger partial charge in [-0.1, -0.05) is 11.3 Å². The SMILES string of the molecule is COc1ccc(-c2nnc(NS(=O)(=O)c3ccc(SC)c(C(=O)N4CCOCC4)c3)s2)cc1. The number of rotatable bonds is 7. The van der Waals surface area contributed by atoms with Crippen LogP contribution in [0.25, 0.3) is 10.6 Å². The molecule has 1 aliphatic heterocycles. The molecule has 33 heavy (non-hydrogen) atoms. The van der Waals surface area contributed by atoms with E-state index in [1.807, 2.05) is 18.4 Å². The third-order valence-corrected chi connectivity index (χ3v) is 8.14. The molecule has 9 nitrogen and oxygen atoms in total. The number of carbonyl (C=O) groups is 1. The van der Waals surface area contributed by atoms with Crippen LogP contribution in [0.5, 0.6) is 5.75 Å². The molecule has 2 heterocycles. The van der Waals surface area contributed by atoms with Crippen LogP contribution in [-0.2, 0) is 14.8 Å². The van der Waals surface area contributed by atoms with Crippen LogP contribution >= 0.6 is 23.1 Å². The van der Waals surface area contributed by atoms with E-state index >= 15 is 0 Å². The number of hydrogen-bond acceptors (Lipinski definition) is 9. The Morgan fingerprint density at radius 2 is 1.88 bits per heavy atom. The second kappa shape index (κ2) is 10.1. The van der Waals surface area contributed by atoms with Crippen LogP contribution in [0.1, 0.15) is 10.4 Å². The zero-order chi connectivity index (χ0) is 23.4. The Morgan fingerprint density at radius 1 is 1.15 bits per heavy atom. The van der Waals surface area contributed by atoms with Gasteiger partial charge in [0.25, 0.3) is 15.9 Å². The Bertz CT molecular complexity index is 1240. The van der Waals surface area contributed by atoms with Gasteiger partial charge in [0.05, 0.1) is 30.8 Å². The molecule has 0 saturated carbocycles. The van der Waals surface area contributed by atoms with E-state index in [1.165, 1.54) is 23.9 Å². The van der Waals surface area contributed by atoms with Gasteiger partial charge in [-0.05, 0) is 48.7 Å². The molecule has 0 unspecified atom stereocenters. The van der Waals surface area contributed by atoms with E-state index in [1.54, 1.807) is 30.2 Å². The first kappa shape index (κ1) is 23.5. The van der Waals surface area contributed by atoms with Crippen LogP contribution in [0.3, 0.4) is 0 Å². The lowest BCUT2D eigenvalue weighted by Crippen LogP contribution is -2.40. The number of methoxy groups -OCH3 is 1. The third-order valence-electron chi connectivity index (χ3n) is 4.99. The lowest BCUT2D eigenvalue weighted by Gasteiger charge is -2.27. The van der Waals surface area contributed by atoms with Gasteiger partial charge < -0.3 is 14.4 Å². The summed E-state index contributed by atoms with van der Waals surface area (Å²) in [5.74, 6) is 0.498. The van der Waals surface area contributed by atoms with Crippen molar-refractivity contribution in [1.82, 2.24) is 15.1 Å². The highest BCUT2D eigenvalue weighted by atomic mass is 32.2. The maximum atomic E-state index is 13.0. The normalized spacial score (nSPS) is 14.2. The molecule has 1 amide bonds. The van der Waals surface area contributed by atoms with Crippen LogP contribution in [-0.4, -0.2) is 69.1 Å². The highest BCUT2D eigenvalue weighted by molar-refractivity contribution is 7.98. The maximum Gasteiger partial charge on any atom is 0.263 e. The van der Waals surface area contributed by atoms with E-state index in [0.717, 1.165) is 16.9 Å². The number of anilines is 1. The summed E-state index contributed by atoms with van der Waals surface area (Å²) in [6.07, 6.45) is 1.85. The zero-order valence-corrected chi connectivity index (χ0v) is 20.4. The minimum absolute atomic E-state index is 0.0156. The maximum absolute atomic E-state index is 13.0. The number of nitrogens with one attached hydrogen (secondary N) is 1. The molecule has 1 fully saturated rings. The number of thioether (sulfide) groups is 1. The van der Waals surface area contributed by atoms with Gasteiger partial charge in [0.1, 0.15) is 10.8 Å². The van der Waals surface area contributed by atoms with Crippen molar-refractivity contribution >= 4 is 44.2 Å². The van der Waals surface area contributed by atoms with Gasteiger partial charge in [-0.3, -0.25) is 9.52 Å². The van der Waals surface area contributed by atoms with Gasteiger partial charge in [-0.15, -0.1) is 22.0 Å². The summed E-state index contributed by atoms with van der Waals surface area (Å²) >= 11 is 2.51. The second-order valence-corrected chi connectivity index (χ2v) is 10.5.